The molecular formula is C27H20Cl2F4N10O2. The predicted octanol–water partition coefficient (Wildman–Crippen LogP) is 4.88. The summed E-state index contributed by atoms with van der Waals surface area (Å²) in [5.41, 5.74) is 0.222. The van der Waals surface area contributed by atoms with Crippen molar-refractivity contribution in [2.75, 3.05) is 5.32 Å². The van der Waals surface area contributed by atoms with Crippen molar-refractivity contribution in [2.45, 2.75) is 32.9 Å². The zero-order valence-corrected chi connectivity index (χ0v) is 24.7. The maximum absolute atomic E-state index is 14.1. The maximum atomic E-state index is 14.1. The van der Waals surface area contributed by atoms with Crippen LogP contribution in [0.15, 0.2) is 48.8 Å². The minimum Gasteiger partial charge on any atom is -0.346 e. The number of carbonyl (C=O) groups excluding carboxylic acids is 2. The molecule has 0 saturated heterocycles. The summed E-state index contributed by atoms with van der Waals surface area (Å²) >= 11 is 12.5. The highest BCUT2D eigenvalue weighted by Crippen LogP contribution is 2.28. The van der Waals surface area contributed by atoms with Gasteiger partial charge in [0, 0.05) is 24.2 Å². The summed E-state index contributed by atoms with van der Waals surface area (Å²) in [7, 11) is 0. The molecule has 0 atom stereocenters. The second-order valence-electron chi connectivity index (χ2n) is 9.64. The van der Waals surface area contributed by atoms with Crippen LogP contribution in [0, 0.1) is 18.6 Å². The molecule has 4 aromatic heterocycles. The van der Waals surface area contributed by atoms with Gasteiger partial charge in [-0.25, -0.2) is 18.4 Å². The van der Waals surface area contributed by atoms with Gasteiger partial charge in [-0.15, -0.1) is 10.2 Å². The molecule has 0 aliphatic carbocycles. The van der Waals surface area contributed by atoms with Crippen molar-refractivity contribution in [3.8, 4) is 5.82 Å². The van der Waals surface area contributed by atoms with E-state index in [1.54, 1.807) is 13.0 Å². The van der Waals surface area contributed by atoms with Crippen LogP contribution in [0.4, 0.5) is 23.2 Å². The molecule has 0 aliphatic heterocycles. The zero-order valence-electron chi connectivity index (χ0n) is 23.2. The van der Waals surface area contributed by atoms with Gasteiger partial charge in [-0.05, 0) is 48.0 Å². The van der Waals surface area contributed by atoms with E-state index in [0.29, 0.717) is 18.6 Å². The largest absolute Gasteiger partial charge is 0.346 e. The molecular weight excluding hydrogens is 643 g/mol. The fraction of sp³-hybridized carbons (Fsp3) is 0.185. The third kappa shape index (κ3) is 7.07. The Morgan fingerprint density at radius 3 is 2.51 bits per heavy atom. The van der Waals surface area contributed by atoms with Gasteiger partial charge in [0.2, 0.25) is 5.82 Å². The number of tetrazole rings is 1. The standard InChI is InChI=1S/C27H20Cl2F4N10O2/c1-13-6-14(28)7-17(24(44)36-11-20-19(31)8-15(30)10-35-20)22(13)37-25(45)21-9-16(12-42-40-26(38-41-42)27(2,32)33)39-43(21)23-18(29)4-3-5-34-23/h3-10H,11-12H2,1-2H3,(H,36,44)(H,37,45). The van der Waals surface area contributed by atoms with Crippen molar-refractivity contribution in [2.24, 2.45) is 0 Å². The first kappa shape index (κ1) is 31.5. The molecule has 0 fully saturated rings. The van der Waals surface area contributed by atoms with Gasteiger partial charge < -0.3 is 10.6 Å². The molecule has 0 spiro atoms. The van der Waals surface area contributed by atoms with Gasteiger partial charge in [0.1, 0.15) is 23.9 Å². The Bertz CT molecular complexity index is 1930. The minimum absolute atomic E-state index is 0.0589. The second-order valence-corrected chi connectivity index (χ2v) is 10.5. The molecule has 0 bridgehead atoms. The Kier molecular flexibility index (Phi) is 8.79. The van der Waals surface area contributed by atoms with E-state index in [0.717, 1.165) is 15.7 Å². The number of aromatic nitrogens is 8. The van der Waals surface area contributed by atoms with Crippen LogP contribution < -0.4 is 10.6 Å². The first-order valence-corrected chi connectivity index (χ1v) is 13.6. The first-order chi connectivity index (χ1) is 21.3. The lowest BCUT2D eigenvalue weighted by molar-refractivity contribution is 0.00737. The summed E-state index contributed by atoms with van der Waals surface area (Å²) in [5, 5.41) is 20.5. The minimum atomic E-state index is -3.33. The van der Waals surface area contributed by atoms with Crippen LogP contribution in [-0.2, 0) is 19.0 Å². The molecule has 4 heterocycles. The third-order valence-corrected chi connectivity index (χ3v) is 6.68. The SMILES string of the molecule is Cc1cc(Cl)cc(C(=O)NCc2ncc(F)cc2F)c1NC(=O)c1cc(Cn2nnc(C(C)(F)F)n2)nn1-c1ncccc1Cl. The Hall–Kier alpha value is -4.96. The number of pyridine rings is 2. The summed E-state index contributed by atoms with van der Waals surface area (Å²) in [5.74, 6) is -7.40. The lowest BCUT2D eigenvalue weighted by Gasteiger charge is -2.15. The van der Waals surface area contributed by atoms with Gasteiger partial charge in [-0.3, -0.25) is 14.6 Å². The average molecular weight is 663 g/mol. The Balaban J connectivity index is 1.47. The van der Waals surface area contributed by atoms with E-state index in [4.69, 9.17) is 23.2 Å². The van der Waals surface area contributed by atoms with Crippen LogP contribution in [0.2, 0.25) is 10.0 Å². The van der Waals surface area contributed by atoms with Crippen molar-refractivity contribution in [3.63, 3.8) is 0 Å². The smallest absolute Gasteiger partial charge is 0.307 e. The molecule has 232 valence electrons. The number of anilines is 1. The van der Waals surface area contributed by atoms with Gasteiger partial charge in [-0.1, -0.05) is 23.2 Å². The van der Waals surface area contributed by atoms with E-state index in [1.165, 1.54) is 30.5 Å². The van der Waals surface area contributed by atoms with Crippen molar-refractivity contribution >= 4 is 40.7 Å². The number of benzene rings is 1. The number of halogens is 6. The highest BCUT2D eigenvalue weighted by molar-refractivity contribution is 6.32. The molecule has 2 amide bonds. The van der Waals surface area contributed by atoms with Crippen LogP contribution >= 0.6 is 23.2 Å². The van der Waals surface area contributed by atoms with Gasteiger partial charge in [0.25, 0.3) is 11.8 Å². The highest BCUT2D eigenvalue weighted by atomic mass is 35.5. The highest BCUT2D eigenvalue weighted by Gasteiger charge is 2.31. The number of amides is 2. The molecule has 5 rings (SSSR count). The monoisotopic (exact) mass is 662 g/mol. The van der Waals surface area contributed by atoms with E-state index < -0.39 is 35.2 Å². The Morgan fingerprint density at radius 1 is 1.04 bits per heavy atom. The molecule has 1 aromatic carbocycles. The van der Waals surface area contributed by atoms with E-state index >= 15 is 0 Å². The molecule has 45 heavy (non-hydrogen) atoms. The zero-order chi connectivity index (χ0) is 32.5. The normalized spacial score (nSPS) is 11.5. The summed E-state index contributed by atoms with van der Waals surface area (Å²) in [6, 6.07) is 7.85. The van der Waals surface area contributed by atoms with Crippen LogP contribution in [0.5, 0.6) is 0 Å². The lowest BCUT2D eigenvalue weighted by Crippen LogP contribution is -2.26. The number of nitrogens with zero attached hydrogens (tertiary/aromatic N) is 8. The summed E-state index contributed by atoms with van der Waals surface area (Å²) in [4.78, 5) is 35.6. The number of rotatable bonds is 9. The topological polar surface area (TPSA) is 145 Å². The lowest BCUT2D eigenvalue weighted by atomic mass is 10.1. The number of carbonyl (C=O) groups is 2. The van der Waals surface area contributed by atoms with Crippen molar-refractivity contribution in [1.82, 2.24) is 45.3 Å². The van der Waals surface area contributed by atoms with Crippen molar-refractivity contribution in [3.05, 3.63) is 105 Å². The summed E-state index contributed by atoms with van der Waals surface area (Å²) < 4.78 is 55.7. The molecule has 18 heteroatoms. The first-order valence-electron chi connectivity index (χ1n) is 12.9. The van der Waals surface area contributed by atoms with Gasteiger partial charge in [0.15, 0.2) is 5.82 Å². The molecule has 0 radical (unpaired) electrons. The van der Waals surface area contributed by atoms with Gasteiger partial charge >= 0.3 is 5.92 Å². The van der Waals surface area contributed by atoms with Crippen LogP contribution in [-0.4, -0.2) is 51.8 Å². The molecule has 0 saturated carbocycles. The number of alkyl halides is 2. The van der Waals surface area contributed by atoms with Crippen molar-refractivity contribution < 1.29 is 27.2 Å². The molecule has 0 aliphatic rings. The van der Waals surface area contributed by atoms with E-state index in [-0.39, 0.29) is 57.3 Å². The summed E-state index contributed by atoms with van der Waals surface area (Å²) in [6.45, 7) is 1.58. The third-order valence-electron chi connectivity index (χ3n) is 6.17. The molecule has 2 N–H and O–H groups in total. The summed E-state index contributed by atoms with van der Waals surface area (Å²) in [6.07, 6.45) is 2.23. The number of hydrogen-bond acceptors (Lipinski definition) is 8. The van der Waals surface area contributed by atoms with Gasteiger partial charge in [-0.2, -0.15) is 18.7 Å². The van der Waals surface area contributed by atoms with E-state index in [2.05, 4.69) is 41.1 Å². The van der Waals surface area contributed by atoms with Crippen molar-refractivity contribution in [1.29, 1.82) is 0 Å². The predicted molar refractivity (Wildman–Crippen MR) is 152 cm³/mol. The number of hydrogen-bond donors (Lipinski definition) is 2. The van der Waals surface area contributed by atoms with Gasteiger partial charge in [0.05, 0.1) is 40.4 Å². The number of aryl methyl sites for hydroxylation is 1. The fourth-order valence-corrected chi connectivity index (χ4v) is 4.57. The second kappa shape index (κ2) is 12.6. The Labute approximate surface area is 261 Å². The maximum Gasteiger partial charge on any atom is 0.307 e. The Morgan fingerprint density at radius 2 is 1.82 bits per heavy atom. The van der Waals surface area contributed by atoms with Crippen LogP contribution in [0.3, 0.4) is 0 Å². The quantitative estimate of drug-likeness (QED) is 0.212. The van der Waals surface area contributed by atoms with E-state index in [1.807, 2.05) is 0 Å². The molecule has 5 aromatic rings. The molecule has 0 unspecified atom stereocenters. The molecule has 12 nitrogen and oxygen atoms in total. The van der Waals surface area contributed by atoms with E-state index in [9.17, 15) is 27.2 Å². The van der Waals surface area contributed by atoms with Crippen LogP contribution in [0.1, 0.15) is 50.5 Å². The fourth-order valence-electron chi connectivity index (χ4n) is 4.09. The number of nitrogens with one attached hydrogen (secondary N) is 2. The average Bonchev–Trinajstić information content (AvgIpc) is 3.62. The van der Waals surface area contributed by atoms with Crippen LogP contribution in [0.25, 0.3) is 5.82 Å².